The summed E-state index contributed by atoms with van der Waals surface area (Å²) in [7, 11) is 0. The summed E-state index contributed by atoms with van der Waals surface area (Å²) in [5.74, 6) is 5.43. The summed E-state index contributed by atoms with van der Waals surface area (Å²) in [5, 5.41) is 1.22. The van der Waals surface area contributed by atoms with Crippen LogP contribution in [0.15, 0.2) is 18.2 Å². The Morgan fingerprint density at radius 2 is 2.13 bits per heavy atom. The number of amides is 1. The quantitative estimate of drug-likeness (QED) is 0.334. The lowest BCUT2D eigenvalue weighted by Gasteiger charge is -2.14. The lowest BCUT2D eigenvalue weighted by atomic mass is 10.0. The van der Waals surface area contributed by atoms with Gasteiger partial charge in [-0.15, -0.1) is 0 Å². The van der Waals surface area contributed by atoms with Gasteiger partial charge in [-0.05, 0) is 37.1 Å². The molecule has 0 atom stereocenters. The van der Waals surface area contributed by atoms with Crippen molar-refractivity contribution in [3.05, 3.63) is 29.3 Å². The number of hydrogen-bond acceptors (Lipinski definition) is 3. The van der Waals surface area contributed by atoms with Crippen LogP contribution in [0.2, 0.25) is 0 Å². The van der Waals surface area contributed by atoms with Crippen molar-refractivity contribution in [2.75, 3.05) is 12.3 Å². The van der Waals surface area contributed by atoms with Crippen molar-refractivity contribution in [2.45, 2.75) is 20.3 Å². The summed E-state index contributed by atoms with van der Waals surface area (Å²) in [5.41, 5.74) is 8.33. The first-order chi connectivity index (χ1) is 7.04. The van der Waals surface area contributed by atoms with Gasteiger partial charge < -0.3 is 5.73 Å². The molecule has 1 amide bonds. The van der Waals surface area contributed by atoms with Crippen molar-refractivity contribution < 1.29 is 4.79 Å². The smallest absolute Gasteiger partial charge is 0.240 e. The molecule has 0 fully saturated rings. The van der Waals surface area contributed by atoms with Gasteiger partial charge in [-0.1, -0.05) is 6.07 Å². The molecule has 0 aliphatic heterocycles. The normalized spacial score (nSPS) is 10.1. The monoisotopic (exact) mass is 207 g/mol. The van der Waals surface area contributed by atoms with Gasteiger partial charge >= 0.3 is 0 Å². The molecule has 0 radical (unpaired) electrons. The minimum Gasteiger partial charge on any atom is -0.399 e. The third-order valence-electron chi connectivity index (χ3n) is 2.37. The molecule has 0 unspecified atom stereocenters. The number of carbonyl (C=O) groups excluding carboxylic acids is 1. The molecule has 1 aromatic rings. The molecule has 0 aliphatic rings. The molecule has 0 heterocycles. The van der Waals surface area contributed by atoms with E-state index in [0.717, 1.165) is 11.1 Å². The molecule has 1 rings (SSSR count). The summed E-state index contributed by atoms with van der Waals surface area (Å²) in [6, 6.07) is 5.52. The van der Waals surface area contributed by atoms with Crippen molar-refractivity contribution in [2.24, 2.45) is 5.84 Å². The van der Waals surface area contributed by atoms with Crippen LogP contribution in [0.25, 0.3) is 0 Å². The number of nitrogen functional groups attached to an aromatic ring is 1. The highest BCUT2D eigenvalue weighted by Crippen LogP contribution is 2.13. The molecular weight excluding hydrogens is 190 g/mol. The number of likely N-dealkylation sites (N-methyl/N-ethyl adjacent to an activating group) is 1. The van der Waals surface area contributed by atoms with Crippen molar-refractivity contribution >= 4 is 11.6 Å². The van der Waals surface area contributed by atoms with Gasteiger partial charge in [0, 0.05) is 12.2 Å². The SMILES string of the molecule is CCN(N)C(=O)Cc1ccc(N)cc1C. The third kappa shape index (κ3) is 2.95. The van der Waals surface area contributed by atoms with Crippen molar-refractivity contribution in [3.63, 3.8) is 0 Å². The molecule has 4 heteroatoms. The van der Waals surface area contributed by atoms with Crippen LogP contribution >= 0.6 is 0 Å². The van der Waals surface area contributed by atoms with E-state index in [1.807, 2.05) is 26.0 Å². The highest BCUT2D eigenvalue weighted by Gasteiger charge is 2.09. The van der Waals surface area contributed by atoms with E-state index < -0.39 is 0 Å². The Kier molecular flexibility index (Phi) is 3.68. The summed E-state index contributed by atoms with van der Waals surface area (Å²) < 4.78 is 0. The molecule has 82 valence electrons. The lowest BCUT2D eigenvalue weighted by Crippen LogP contribution is -2.38. The molecule has 0 aliphatic carbocycles. The Hall–Kier alpha value is -1.55. The van der Waals surface area contributed by atoms with E-state index in [1.54, 1.807) is 6.07 Å². The van der Waals surface area contributed by atoms with Crippen molar-refractivity contribution in [3.8, 4) is 0 Å². The van der Waals surface area contributed by atoms with Crippen LogP contribution < -0.4 is 11.6 Å². The number of anilines is 1. The largest absolute Gasteiger partial charge is 0.399 e. The van der Waals surface area contributed by atoms with E-state index in [0.29, 0.717) is 18.7 Å². The first-order valence-corrected chi connectivity index (χ1v) is 4.94. The fraction of sp³-hybridized carbons (Fsp3) is 0.364. The zero-order valence-corrected chi connectivity index (χ0v) is 9.16. The number of aryl methyl sites for hydroxylation is 1. The zero-order chi connectivity index (χ0) is 11.4. The molecule has 15 heavy (non-hydrogen) atoms. The maximum atomic E-state index is 11.6. The molecule has 1 aromatic carbocycles. The van der Waals surface area contributed by atoms with Gasteiger partial charge in [-0.2, -0.15) is 0 Å². The summed E-state index contributed by atoms with van der Waals surface area (Å²) in [6.45, 7) is 4.30. The molecule has 0 spiro atoms. The Balaban J connectivity index is 2.77. The Morgan fingerprint density at radius 3 is 2.67 bits per heavy atom. The number of hydrazine groups is 1. The molecular formula is C11H17N3O. The maximum Gasteiger partial charge on any atom is 0.240 e. The van der Waals surface area contributed by atoms with E-state index in [2.05, 4.69) is 0 Å². The maximum absolute atomic E-state index is 11.6. The van der Waals surface area contributed by atoms with E-state index in [4.69, 9.17) is 11.6 Å². The zero-order valence-electron chi connectivity index (χ0n) is 9.16. The van der Waals surface area contributed by atoms with Crippen LogP contribution in [0, 0.1) is 6.92 Å². The van der Waals surface area contributed by atoms with Gasteiger partial charge in [0.2, 0.25) is 5.91 Å². The Morgan fingerprint density at radius 1 is 1.47 bits per heavy atom. The average Bonchev–Trinajstić information content (AvgIpc) is 2.20. The van der Waals surface area contributed by atoms with E-state index in [9.17, 15) is 4.79 Å². The first-order valence-electron chi connectivity index (χ1n) is 4.94. The van der Waals surface area contributed by atoms with Gasteiger partial charge in [-0.3, -0.25) is 9.80 Å². The fourth-order valence-corrected chi connectivity index (χ4v) is 1.36. The van der Waals surface area contributed by atoms with Gasteiger partial charge in [0.25, 0.3) is 0 Å². The van der Waals surface area contributed by atoms with Crippen molar-refractivity contribution in [1.82, 2.24) is 5.01 Å². The predicted octanol–water partition coefficient (Wildman–Crippen LogP) is 0.842. The highest BCUT2D eigenvalue weighted by molar-refractivity contribution is 5.78. The molecule has 0 saturated carbocycles. The number of nitrogens with zero attached hydrogens (tertiary/aromatic N) is 1. The van der Waals surface area contributed by atoms with Crippen molar-refractivity contribution in [1.29, 1.82) is 0 Å². The standard InChI is InChI=1S/C11H17N3O/c1-3-14(13)11(15)7-9-4-5-10(12)6-8(9)2/h4-6H,3,7,12-13H2,1-2H3. The molecule has 0 bridgehead atoms. The summed E-state index contributed by atoms with van der Waals surface area (Å²) in [6.07, 6.45) is 0.330. The van der Waals surface area contributed by atoms with Gasteiger partial charge in [0.1, 0.15) is 0 Å². The number of hydrogen-bond donors (Lipinski definition) is 2. The fourth-order valence-electron chi connectivity index (χ4n) is 1.36. The number of rotatable bonds is 3. The summed E-state index contributed by atoms with van der Waals surface area (Å²) >= 11 is 0. The average molecular weight is 207 g/mol. The van der Waals surface area contributed by atoms with Crippen LogP contribution in [0.5, 0.6) is 0 Å². The second-order valence-electron chi connectivity index (χ2n) is 3.54. The minimum atomic E-state index is -0.0784. The molecule has 4 nitrogen and oxygen atoms in total. The molecule has 4 N–H and O–H groups in total. The molecule has 0 saturated heterocycles. The van der Waals surface area contributed by atoms with Crippen LogP contribution in [-0.4, -0.2) is 17.5 Å². The topological polar surface area (TPSA) is 72.3 Å². The Labute approximate surface area is 89.8 Å². The summed E-state index contributed by atoms with van der Waals surface area (Å²) in [4.78, 5) is 11.6. The van der Waals surface area contributed by atoms with Crippen LogP contribution in [0.4, 0.5) is 5.69 Å². The van der Waals surface area contributed by atoms with Crippen LogP contribution in [-0.2, 0) is 11.2 Å². The third-order valence-corrected chi connectivity index (χ3v) is 2.37. The van der Waals surface area contributed by atoms with E-state index >= 15 is 0 Å². The molecule has 0 aromatic heterocycles. The number of nitrogens with two attached hydrogens (primary N) is 2. The highest BCUT2D eigenvalue weighted by atomic mass is 16.2. The lowest BCUT2D eigenvalue weighted by molar-refractivity contribution is -0.130. The van der Waals surface area contributed by atoms with E-state index in [-0.39, 0.29) is 5.91 Å². The van der Waals surface area contributed by atoms with Gasteiger partial charge in [0.15, 0.2) is 0 Å². The minimum absolute atomic E-state index is 0.0784. The van der Waals surface area contributed by atoms with Crippen LogP contribution in [0.3, 0.4) is 0 Å². The van der Waals surface area contributed by atoms with E-state index in [1.165, 1.54) is 5.01 Å². The second kappa shape index (κ2) is 4.79. The first kappa shape index (κ1) is 11.5. The van der Waals surface area contributed by atoms with Crippen LogP contribution in [0.1, 0.15) is 18.1 Å². The number of benzene rings is 1. The Bertz CT molecular complexity index is 363. The number of carbonyl (C=O) groups is 1. The second-order valence-corrected chi connectivity index (χ2v) is 3.54. The van der Waals surface area contributed by atoms with Gasteiger partial charge in [0.05, 0.1) is 6.42 Å². The van der Waals surface area contributed by atoms with Gasteiger partial charge in [-0.25, -0.2) is 5.84 Å². The predicted molar refractivity (Wildman–Crippen MR) is 60.9 cm³/mol.